The number of amides is 1. The van der Waals surface area contributed by atoms with E-state index in [-0.39, 0.29) is 42.5 Å². The van der Waals surface area contributed by atoms with Crippen molar-refractivity contribution in [2.24, 2.45) is 0 Å². The maximum absolute atomic E-state index is 13.7. The lowest BCUT2D eigenvalue weighted by molar-refractivity contribution is 0.0697. The molecule has 0 bridgehead atoms. The quantitative estimate of drug-likeness (QED) is 0.801. The number of hydrogen-bond donors (Lipinski definition) is 0. The minimum atomic E-state index is -3.63. The Bertz CT molecular complexity index is 924. The minimum Gasteiger partial charge on any atom is -0.336 e. The first-order valence-electron chi connectivity index (χ1n) is 8.10. The molecule has 2 aromatic carbocycles. The zero-order valence-corrected chi connectivity index (χ0v) is 15.7. The van der Waals surface area contributed by atoms with Gasteiger partial charge < -0.3 is 4.90 Å². The Balaban J connectivity index is 1.69. The molecule has 1 amide bonds. The second-order valence-electron chi connectivity index (χ2n) is 6.11. The summed E-state index contributed by atoms with van der Waals surface area (Å²) in [6.07, 6.45) is 0. The lowest BCUT2D eigenvalue weighted by Gasteiger charge is -2.34. The average Bonchev–Trinajstić information content (AvgIpc) is 2.64. The molecule has 8 heteroatoms. The fraction of sp³-hybridized carbons (Fsp3) is 0.278. The highest BCUT2D eigenvalue weighted by Gasteiger charge is 2.30. The third-order valence-electron chi connectivity index (χ3n) is 4.40. The smallest absolute Gasteiger partial charge is 0.254 e. The van der Waals surface area contributed by atoms with Gasteiger partial charge in [-0.15, -0.1) is 0 Å². The Morgan fingerprint density at radius 1 is 1.04 bits per heavy atom. The largest absolute Gasteiger partial charge is 0.336 e. The highest BCUT2D eigenvalue weighted by atomic mass is 35.5. The first kappa shape index (κ1) is 18.8. The predicted octanol–water partition coefficient (Wildman–Crippen LogP) is 2.93. The van der Waals surface area contributed by atoms with Crippen molar-refractivity contribution in [3.63, 3.8) is 0 Å². The van der Waals surface area contributed by atoms with Gasteiger partial charge in [-0.1, -0.05) is 17.7 Å². The zero-order chi connectivity index (χ0) is 18.9. The van der Waals surface area contributed by atoms with Crippen LogP contribution in [0.25, 0.3) is 0 Å². The molecule has 2 aromatic rings. The number of hydrogen-bond acceptors (Lipinski definition) is 3. The summed E-state index contributed by atoms with van der Waals surface area (Å²) in [5.41, 5.74) is 0.738. The Morgan fingerprint density at radius 2 is 1.65 bits per heavy atom. The molecule has 0 unspecified atom stereocenters. The SMILES string of the molecule is Cc1ccc(C(=O)N2CCN(S(=O)(=O)c3ccc(Cl)cc3)CC2)cc1F. The van der Waals surface area contributed by atoms with Gasteiger partial charge in [0.05, 0.1) is 4.90 Å². The number of halogens is 2. The number of benzene rings is 2. The van der Waals surface area contributed by atoms with Crippen molar-refractivity contribution < 1.29 is 17.6 Å². The Kier molecular flexibility index (Phi) is 5.32. The van der Waals surface area contributed by atoms with Crippen LogP contribution in [0.15, 0.2) is 47.4 Å². The van der Waals surface area contributed by atoms with E-state index in [9.17, 15) is 17.6 Å². The Labute approximate surface area is 157 Å². The van der Waals surface area contributed by atoms with Crippen molar-refractivity contribution in [3.05, 3.63) is 64.4 Å². The van der Waals surface area contributed by atoms with Crippen LogP contribution in [0.4, 0.5) is 4.39 Å². The van der Waals surface area contributed by atoms with Crippen molar-refractivity contribution in [2.75, 3.05) is 26.2 Å². The van der Waals surface area contributed by atoms with Gasteiger partial charge in [-0.25, -0.2) is 12.8 Å². The summed E-state index contributed by atoms with van der Waals surface area (Å²) < 4.78 is 40.3. The normalized spacial score (nSPS) is 15.9. The van der Waals surface area contributed by atoms with E-state index in [1.54, 1.807) is 19.1 Å². The summed E-state index contributed by atoms with van der Waals surface area (Å²) in [5.74, 6) is -0.729. The third-order valence-corrected chi connectivity index (χ3v) is 6.56. The van der Waals surface area contributed by atoms with E-state index in [0.717, 1.165) is 0 Å². The standard InChI is InChI=1S/C18H18ClFN2O3S/c1-13-2-3-14(12-17(13)20)18(23)21-8-10-22(11-9-21)26(24,25)16-6-4-15(19)5-7-16/h2-7,12H,8-11H2,1H3. The van der Waals surface area contributed by atoms with Crippen LogP contribution in [0.5, 0.6) is 0 Å². The van der Waals surface area contributed by atoms with E-state index in [0.29, 0.717) is 10.6 Å². The molecule has 0 atom stereocenters. The van der Waals surface area contributed by atoms with Crippen molar-refractivity contribution in [3.8, 4) is 0 Å². The van der Waals surface area contributed by atoms with Gasteiger partial charge in [0.2, 0.25) is 10.0 Å². The lowest BCUT2D eigenvalue weighted by Crippen LogP contribution is -2.50. The number of piperazine rings is 1. The van der Waals surface area contributed by atoms with Crippen LogP contribution in [0.2, 0.25) is 5.02 Å². The number of aryl methyl sites for hydroxylation is 1. The monoisotopic (exact) mass is 396 g/mol. The van der Waals surface area contributed by atoms with Crippen molar-refractivity contribution in [1.82, 2.24) is 9.21 Å². The van der Waals surface area contributed by atoms with Crippen molar-refractivity contribution in [2.45, 2.75) is 11.8 Å². The Morgan fingerprint density at radius 3 is 2.23 bits per heavy atom. The van der Waals surface area contributed by atoms with E-state index < -0.39 is 15.8 Å². The molecule has 0 N–H and O–H groups in total. The van der Waals surface area contributed by atoms with E-state index in [1.807, 2.05) is 0 Å². The number of carbonyl (C=O) groups excluding carboxylic acids is 1. The van der Waals surface area contributed by atoms with Gasteiger partial charge in [0.15, 0.2) is 0 Å². The molecule has 138 valence electrons. The van der Waals surface area contributed by atoms with Crippen LogP contribution in [-0.4, -0.2) is 49.7 Å². The highest BCUT2D eigenvalue weighted by Crippen LogP contribution is 2.20. The summed E-state index contributed by atoms with van der Waals surface area (Å²) in [4.78, 5) is 14.2. The Hall–Kier alpha value is -1.96. The van der Waals surface area contributed by atoms with Gasteiger partial charge in [-0.2, -0.15) is 4.31 Å². The maximum Gasteiger partial charge on any atom is 0.254 e. The molecule has 1 heterocycles. The van der Waals surface area contributed by atoms with Crippen LogP contribution in [0.3, 0.4) is 0 Å². The summed E-state index contributed by atoms with van der Waals surface area (Å²) in [6.45, 7) is 2.50. The van der Waals surface area contributed by atoms with Gasteiger partial charge in [-0.05, 0) is 48.9 Å². The molecule has 5 nitrogen and oxygen atoms in total. The maximum atomic E-state index is 13.7. The van der Waals surface area contributed by atoms with Gasteiger partial charge in [0.1, 0.15) is 5.82 Å². The van der Waals surface area contributed by atoms with Crippen LogP contribution < -0.4 is 0 Å². The van der Waals surface area contributed by atoms with Crippen LogP contribution >= 0.6 is 11.6 Å². The van der Waals surface area contributed by atoms with E-state index in [1.165, 1.54) is 39.5 Å². The summed E-state index contributed by atoms with van der Waals surface area (Å²) in [7, 11) is -3.63. The first-order chi connectivity index (χ1) is 12.3. The highest BCUT2D eigenvalue weighted by molar-refractivity contribution is 7.89. The number of carbonyl (C=O) groups is 1. The molecule has 0 radical (unpaired) electrons. The fourth-order valence-electron chi connectivity index (χ4n) is 2.80. The third kappa shape index (κ3) is 3.75. The average molecular weight is 397 g/mol. The van der Waals surface area contributed by atoms with E-state index in [2.05, 4.69) is 0 Å². The number of sulfonamides is 1. The molecule has 3 rings (SSSR count). The summed E-state index contributed by atoms with van der Waals surface area (Å²) in [5, 5.41) is 0.463. The molecule has 0 spiro atoms. The van der Waals surface area contributed by atoms with Gasteiger partial charge in [0.25, 0.3) is 5.91 Å². The summed E-state index contributed by atoms with van der Waals surface area (Å²) in [6, 6.07) is 10.3. The molecule has 1 fully saturated rings. The fourth-order valence-corrected chi connectivity index (χ4v) is 4.34. The van der Waals surface area contributed by atoms with Crippen LogP contribution in [0, 0.1) is 12.7 Å². The second-order valence-corrected chi connectivity index (χ2v) is 8.49. The molecule has 1 aliphatic rings. The van der Waals surface area contributed by atoms with Crippen molar-refractivity contribution >= 4 is 27.5 Å². The van der Waals surface area contributed by atoms with Gasteiger partial charge in [-0.3, -0.25) is 4.79 Å². The number of rotatable bonds is 3. The summed E-state index contributed by atoms with van der Waals surface area (Å²) >= 11 is 5.80. The molecule has 1 aliphatic heterocycles. The first-order valence-corrected chi connectivity index (χ1v) is 9.92. The zero-order valence-electron chi connectivity index (χ0n) is 14.2. The van der Waals surface area contributed by atoms with Gasteiger partial charge >= 0.3 is 0 Å². The predicted molar refractivity (Wildman–Crippen MR) is 97.3 cm³/mol. The van der Waals surface area contributed by atoms with Crippen LogP contribution in [-0.2, 0) is 10.0 Å². The molecule has 0 saturated carbocycles. The molecule has 0 aliphatic carbocycles. The van der Waals surface area contributed by atoms with E-state index in [4.69, 9.17) is 11.6 Å². The van der Waals surface area contributed by atoms with Crippen molar-refractivity contribution in [1.29, 1.82) is 0 Å². The topological polar surface area (TPSA) is 57.7 Å². The lowest BCUT2D eigenvalue weighted by atomic mass is 10.1. The minimum absolute atomic E-state index is 0.169. The molecular weight excluding hydrogens is 379 g/mol. The van der Waals surface area contributed by atoms with E-state index >= 15 is 0 Å². The second kappa shape index (κ2) is 7.34. The molecular formula is C18H18ClFN2O3S. The number of nitrogens with zero attached hydrogens (tertiary/aromatic N) is 2. The molecule has 0 aromatic heterocycles. The molecule has 1 saturated heterocycles. The van der Waals surface area contributed by atoms with Gasteiger partial charge in [0, 0.05) is 36.8 Å². The molecule has 26 heavy (non-hydrogen) atoms. The van der Waals surface area contributed by atoms with Crippen LogP contribution in [0.1, 0.15) is 15.9 Å².